The van der Waals surface area contributed by atoms with Crippen molar-refractivity contribution < 1.29 is 24.5 Å². The Morgan fingerprint density at radius 3 is 0.975 bits per heavy atom. The van der Waals surface area contributed by atoms with Crippen LogP contribution in [0.5, 0.6) is 0 Å². The summed E-state index contributed by atoms with van der Waals surface area (Å²) in [6.45, 7) is 4.89. The van der Waals surface area contributed by atoms with Crippen molar-refractivity contribution in [3.63, 3.8) is 0 Å². The van der Waals surface area contributed by atoms with E-state index in [1.165, 1.54) is 327 Å². The number of esters is 1. The molecule has 0 aliphatic heterocycles. The van der Waals surface area contributed by atoms with Crippen molar-refractivity contribution in [2.24, 2.45) is 0 Å². The summed E-state index contributed by atoms with van der Waals surface area (Å²) >= 11 is 0. The first-order valence-corrected chi connectivity index (χ1v) is 36.8. The molecule has 0 aromatic heterocycles. The van der Waals surface area contributed by atoms with Crippen LogP contribution < -0.4 is 5.32 Å². The quantitative estimate of drug-likeness (QED) is 0.0320. The Bertz CT molecular complexity index is 1310. The van der Waals surface area contributed by atoms with Crippen LogP contribution in [0.4, 0.5) is 0 Å². The maximum atomic E-state index is 12.5. The molecule has 0 heterocycles. The number of nitrogens with one attached hydrogen (secondary N) is 1. The fourth-order valence-electron chi connectivity index (χ4n) is 11.5. The van der Waals surface area contributed by atoms with Crippen molar-refractivity contribution in [3.8, 4) is 0 Å². The number of carbonyl (C=O) groups is 2. The van der Waals surface area contributed by atoms with Gasteiger partial charge in [0.05, 0.1) is 25.4 Å². The first-order valence-electron chi connectivity index (χ1n) is 36.8. The topological polar surface area (TPSA) is 95.9 Å². The molecule has 0 aromatic rings. The van der Waals surface area contributed by atoms with Crippen molar-refractivity contribution >= 4 is 11.9 Å². The molecule has 6 nitrogen and oxygen atoms in total. The molecule has 0 aromatic carbocycles. The molecule has 1 amide bonds. The summed E-state index contributed by atoms with van der Waals surface area (Å²) in [7, 11) is 0. The zero-order valence-electron chi connectivity index (χ0n) is 54.8. The van der Waals surface area contributed by atoms with E-state index in [-0.39, 0.29) is 18.5 Å². The smallest absolute Gasteiger partial charge is 0.305 e. The van der Waals surface area contributed by atoms with E-state index in [4.69, 9.17) is 4.74 Å². The number of ether oxygens (including phenoxy) is 1. The van der Waals surface area contributed by atoms with Gasteiger partial charge in [-0.15, -0.1) is 0 Å². The summed E-state index contributed by atoms with van der Waals surface area (Å²) < 4.78 is 5.49. The van der Waals surface area contributed by atoms with Gasteiger partial charge in [-0.25, -0.2) is 0 Å². The highest BCUT2D eigenvalue weighted by Crippen LogP contribution is 2.19. The van der Waals surface area contributed by atoms with Crippen LogP contribution in [-0.4, -0.2) is 47.4 Å². The Kier molecular flexibility index (Phi) is 68.9. The van der Waals surface area contributed by atoms with Crippen molar-refractivity contribution in [1.82, 2.24) is 5.32 Å². The van der Waals surface area contributed by atoms with Crippen LogP contribution in [-0.2, 0) is 14.3 Å². The summed E-state index contributed by atoms with van der Waals surface area (Å²) in [4.78, 5) is 24.5. The lowest BCUT2D eigenvalue weighted by molar-refractivity contribution is -0.143. The van der Waals surface area contributed by atoms with E-state index in [1.807, 2.05) is 6.08 Å². The highest BCUT2D eigenvalue weighted by atomic mass is 16.5. The van der Waals surface area contributed by atoms with Crippen molar-refractivity contribution in [3.05, 3.63) is 36.5 Å². The van der Waals surface area contributed by atoms with E-state index >= 15 is 0 Å². The number of aliphatic hydroxyl groups is 2. The molecule has 0 fully saturated rings. The van der Waals surface area contributed by atoms with Crippen LogP contribution in [0.2, 0.25) is 0 Å². The lowest BCUT2D eigenvalue weighted by Crippen LogP contribution is -2.45. The van der Waals surface area contributed by atoms with Gasteiger partial charge in [0.2, 0.25) is 5.91 Å². The fraction of sp³-hybridized carbons (Fsp3) is 0.893. The first-order chi connectivity index (χ1) is 40.0. The number of aliphatic hydroxyl groups excluding tert-OH is 2. The maximum absolute atomic E-state index is 12.5. The first kappa shape index (κ1) is 79.1. The van der Waals surface area contributed by atoms with Gasteiger partial charge in [0.25, 0.3) is 0 Å². The number of amides is 1. The van der Waals surface area contributed by atoms with E-state index in [0.717, 1.165) is 51.4 Å². The Hall–Kier alpha value is -1.92. The third-order valence-corrected chi connectivity index (χ3v) is 17.2. The molecule has 6 heteroatoms. The summed E-state index contributed by atoms with van der Waals surface area (Å²) in [5.74, 6) is -0.0523. The minimum Gasteiger partial charge on any atom is -0.466 e. The van der Waals surface area contributed by atoms with Gasteiger partial charge in [-0.05, 0) is 57.8 Å². The average Bonchev–Trinajstić information content (AvgIpc) is 3.47. The van der Waals surface area contributed by atoms with E-state index in [0.29, 0.717) is 19.4 Å². The van der Waals surface area contributed by atoms with Crippen molar-refractivity contribution in [2.45, 2.75) is 418 Å². The number of hydrogen-bond acceptors (Lipinski definition) is 5. The Balaban J connectivity index is 3.32. The predicted molar refractivity (Wildman–Crippen MR) is 356 cm³/mol. The largest absolute Gasteiger partial charge is 0.466 e. The molecule has 2 unspecified atom stereocenters. The molecule has 3 N–H and O–H groups in total. The molecule has 0 radical (unpaired) electrons. The van der Waals surface area contributed by atoms with Crippen LogP contribution in [0.15, 0.2) is 36.5 Å². The number of unbranched alkanes of at least 4 members (excludes halogenated alkanes) is 54. The van der Waals surface area contributed by atoms with Gasteiger partial charge in [0.15, 0.2) is 0 Å². The third kappa shape index (κ3) is 67.1. The molecule has 0 saturated heterocycles. The van der Waals surface area contributed by atoms with E-state index in [1.54, 1.807) is 6.08 Å². The van der Waals surface area contributed by atoms with Gasteiger partial charge in [0, 0.05) is 12.8 Å². The zero-order chi connectivity index (χ0) is 58.5. The molecule has 0 saturated carbocycles. The Morgan fingerprint density at radius 2 is 0.630 bits per heavy atom. The monoisotopic (exact) mass is 1140 g/mol. The number of hydrogen-bond donors (Lipinski definition) is 3. The van der Waals surface area contributed by atoms with Gasteiger partial charge in [-0.2, -0.15) is 0 Å². The fourth-order valence-corrected chi connectivity index (χ4v) is 11.5. The number of rotatable bonds is 69. The van der Waals surface area contributed by atoms with Gasteiger partial charge in [-0.1, -0.05) is 371 Å². The second-order valence-corrected chi connectivity index (χ2v) is 25.3. The minimum absolute atomic E-state index is 0.00798. The molecular weight excluding hydrogens is 995 g/mol. The van der Waals surface area contributed by atoms with Crippen molar-refractivity contribution in [2.75, 3.05) is 13.2 Å². The average molecular weight is 1140 g/mol. The summed E-state index contributed by atoms with van der Waals surface area (Å²) in [5, 5.41) is 23.2. The van der Waals surface area contributed by atoms with Gasteiger partial charge in [-0.3, -0.25) is 9.59 Å². The molecule has 0 aliphatic rings. The lowest BCUT2D eigenvalue weighted by Gasteiger charge is -2.20. The second kappa shape index (κ2) is 70.6. The molecule has 0 rings (SSSR count). The van der Waals surface area contributed by atoms with Crippen LogP contribution in [0.25, 0.3) is 0 Å². The molecule has 478 valence electrons. The van der Waals surface area contributed by atoms with E-state index < -0.39 is 12.1 Å². The Labute approximate surface area is 506 Å². The van der Waals surface area contributed by atoms with Crippen LogP contribution in [0.3, 0.4) is 0 Å². The molecule has 0 bridgehead atoms. The second-order valence-electron chi connectivity index (χ2n) is 25.3. The lowest BCUT2D eigenvalue weighted by atomic mass is 10.0. The molecule has 2 atom stereocenters. The van der Waals surface area contributed by atoms with E-state index in [2.05, 4.69) is 43.5 Å². The molecule has 0 aliphatic carbocycles. The Morgan fingerprint density at radius 1 is 0.346 bits per heavy atom. The van der Waals surface area contributed by atoms with Crippen molar-refractivity contribution in [1.29, 1.82) is 0 Å². The SMILES string of the molecule is CCCC/C=C\C/C=C\CCCCCCCC(=O)OCCCCCCCCCCCCCCCCCCCCCCCCCCCCCCCCCCCCCC(=O)NC(CO)C(O)/C=C/CCCCCCCCCCCCCCC. The van der Waals surface area contributed by atoms with Crippen LogP contribution >= 0.6 is 0 Å². The minimum atomic E-state index is -0.840. The number of allylic oxidation sites excluding steroid dienone is 5. The maximum Gasteiger partial charge on any atom is 0.305 e. The van der Waals surface area contributed by atoms with Gasteiger partial charge in [0.1, 0.15) is 0 Å². The van der Waals surface area contributed by atoms with Crippen LogP contribution in [0, 0.1) is 0 Å². The van der Waals surface area contributed by atoms with Gasteiger partial charge < -0.3 is 20.3 Å². The highest BCUT2D eigenvalue weighted by Gasteiger charge is 2.18. The summed E-state index contributed by atoms with van der Waals surface area (Å²) in [6, 6.07) is -0.623. The molecule has 0 spiro atoms. The van der Waals surface area contributed by atoms with Gasteiger partial charge >= 0.3 is 5.97 Å². The standard InChI is InChI=1S/C75H143NO5/c1-3-5-7-9-11-13-15-17-40-43-47-51-55-59-63-67-73(78)72(71-77)76-74(79)68-64-60-56-52-48-44-41-38-36-34-32-30-28-26-24-22-20-19-21-23-25-27-29-31-33-35-37-39-42-46-50-54-58-62-66-70-81-75(80)69-65-61-57-53-49-45-18-16-14-12-10-8-6-4-2/h10,12,16,18,63,67,72-73,77-78H,3-9,11,13-15,17,19-62,64-66,68-71H2,1-2H3,(H,76,79)/b12-10-,18-16-,67-63+. The highest BCUT2D eigenvalue weighted by molar-refractivity contribution is 5.76. The predicted octanol–water partition coefficient (Wildman–Crippen LogP) is 23.9. The van der Waals surface area contributed by atoms with E-state index in [9.17, 15) is 19.8 Å². The summed E-state index contributed by atoms with van der Waals surface area (Å²) in [6.07, 6.45) is 91.1. The summed E-state index contributed by atoms with van der Waals surface area (Å²) in [5.41, 5.74) is 0. The van der Waals surface area contributed by atoms with Crippen LogP contribution in [0.1, 0.15) is 406 Å². The number of carbonyl (C=O) groups excluding carboxylic acids is 2. The zero-order valence-corrected chi connectivity index (χ0v) is 54.8. The molecule has 81 heavy (non-hydrogen) atoms. The molecular formula is C75H143NO5. The third-order valence-electron chi connectivity index (χ3n) is 17.2. The normalized spacial score (nSPS) is 12.7.